The number of thioether (sulfide) groups is 1. The number of ether oxygens (including phenoxy) is 1. The molecule has 2 heterocycles. The molecule has 8 nitrogen and oxygen atoms in total. The van der Waals surface area contributed by atoms with E-state index in [2.05, 4.69) is 16.0 Å². The Labute approximate surface area is 145 Å². The molecule has 0 aromatic rings. The van der Waals surface area contributed by atoms with Gasteiger partial charge in [0.05, 0.1) is 24.7 Å². The van der Waals surface area contributed by atoms with Gasteiger partial charge in [0, 0.05) is 17.4 Å². The third-order valence-electron chi connectivity index (χ3n) is 3.99. The lowest BCUT2D eigenvalue weighted by atomic mass is 10.0. The second-order valence-corrected chi connectivity index (χ2v) is 7.05. The number of nitrogens with zero attached hydrogens (tertiary/aromatic N) is 1. The molecule has 0 bridgehead atoms. The van der Waals surface area contributed by atoms with Crippen LogP contribution in [-0.2, 0) is 14.3 Å². The zero-order valence-corrected chi connectivity index (χ0v) is 14.2. The number of rotatable bonds is 9. The molecule has 2 rings (SSSR count). The van der Waals surface area contributed by atoms with Crippen LogP contribution >= 0.6 is 11.8 Å². The van der Waals surface area contributed by atoms with Crippen LogP contribution in [0.4, 0.5) is 4.79 Å². The van der Waals surface area contributed by atoms with Gasteiger partial charge in [0.2, 0.25) is 5.91 Å². The van der Waals surface area contributed by atoms with E-state index in [-0.39, 0.29) is 43.6 Å². The highest BCUT2D eigenvalue weighted by Crippen LogP contribution is 2.33. The molecule has 132 valence electrons. The molecule has 3 N–H and O–H groups in total. The van der Waals surface area contributed by atoms with Crippen LogP contribution in [0, 0.1) is 11.3 Å². The van der Waals surface area contributed by atoms with Gasteiger partial charge in [0.1, 0.15) is 13.0 Å². The fourth-order valence-electron chi connectivity index (χ4n) is 2.83. The predicted octanol–water partition coefficient (Wildman–Crippen LogP) is 0.285. The lowest BCUT2D eigenvalue weighted by molar-refractivity contribution is -0.142. The molecule has 0 radical (unpaired) electrons. The number of amides is 3. The first-order chi connectivity index (χ1) is 11.6. The number of carbonyl (C=O) groups is 3. The summed E-state index contributed by atoms with van der Waals surface area (Å²) in [6, 6.07) is 2.07. The highest BCUT2D eigenvalue weighted by atomic mass is 32.2. The van der Waals surface area contributed by atoms with Crippen molar-refractivity contribution in [1.29, 1.82) is 5.26 Å². The van der Waals surface area contributed by atoms with Gasteiger partial charge in [-0.05, 0) is 12.8 Å². The fourth-order valence-corrected chi connectivity index (χ4v) is 4.38. The van der Waals surface area contributed by atoms with Gasteiger partial charge in [0.25, 0.3) is 0 Å². The number of nitrogens with one attached hydrogen (secondary N) is 3. The minimum atomic E-state index is -0.576. The largest absolute Gasteiger partial charge is 0.463 e. The van der Waals surface area contributed by atoms with Crippen molar-refractivity contribution in [2.75, 3.05) is 18.9 Å². The molecule has 0 spiro atoms. The summed E-state index contributed by atoms with van der Waals surface area (Å²) in [7, 11) is 0. The third-order valence-corrected chi connectivity index (χ3v) is 5.50. The van der Waals surface area contributed by atoms with Crippen LogP contribution in [0.25, 0.3) is 0 Å². The highest BCUT2D eigenvalue weighted by Gasteiger charge is 2.42. The van der Waals surface area contributed by atoms with Crippen LogP contribution in [0.2, 0.25) is 0 Å². The van der Waals surface area contributed by atoms with E-state index >= 15 is 0 Å². The van der Waals surface area contributed by atoms with Gasteiger partial charge in [-0.15, -0.1) is 0 Å². The Morgan fingerprint density at radius 1 is 1.38 bits per heavy atom. The summed E-state index contributed by atoms with van der Waals surface area (Å²) in [5, 5.41) is 17.3. The molecule has 2 unspecified atom stereocenters. The summed E-state index contributed by atoms with van der Waals surface area (Å²) in [5.74, 6) is 0.297. The number of urea groups is 1. The Balaban J connectivity index is 1.49. The second-order valence-electron chi connectivity index (χ2n) is 5.77. The molecule has 2 saturated heterocycles. The van der Waals surface area contributed by atoms with E-state index < -0.39 is 5.97 Å². The van der Waals surface area contributed by atoms with Crippen LogP contribution in [0.3, 0.4) is 0 Å². The third kappa shape index (κ3) is 5.60. The number of unbranched alkanes of at least 4 members (excludes halogenated alkanes) is 1. The van der Waals surface area contributed by atoms with Crippen LogP contribution in [0.15, 0.2) is 0 Å². The van der Waals surface area contributed by atoms with Crippen LogP contribution < -0.4 is 16.0 Å². The van der Waals surface area contributed by atoms with Gasteiger partial charge in [0.15, 0.2) is 0 Å². The molecular formula is C15H22N4O4S. The molecule has 2 aliphatic rings. The molecule has 2 fully saturated rings. The Kier molecular flexibility index (Phi) is 7.18. The van der Waals surface area contributed by atoms with Gasteiger partial charge in [-0.25, -0.2) is 4.79 Å². The molecule has 24 heavy (non-hydrogen) atoms. The van der Waals surface area contributed by atoms with E-state index in [9.17, 15) is 14.4 Å². The number of hydrogen-bond acceptors (Lipinski definition) is 6. The lowest BCUT2D eigenvalue weighted by Gasteiger charge is -2.16. The maximum absolute atomic E-state index is 11.7. The van der Waals surface area contributed by atoms with Crippen molar-refractivity contribution in [2.45, 2.75) is 49.4 Å². The van der Waals surface area contributed by atoms with Gasteiger partial charge < -0.3 is 20.7 Å². The number of esters is 1. The Bertz CT molecular complexity index is 522. The first kappa shape index (κ1) is 18.4. The molecule has 0 aromatic carbocycles. The zero-order valence-electron chi connectivity index (χ0n) is 13.4. The SMILES string of the molecule is N#CCC(=O)OCCNC(=O)CCCC[C@@H]1SCC2NC(=O)NC21. The summed E-state index contributed by atoms with van der Waals surface area (Å²) in [6.07, 6.45) is 2.86. The van der Waals surface area contributed by atoms with Gasteiger partial charge in [-0.2, -0.15) is 17.0 Å². The standard InChI is InChI=1S/C15H22N4O4S/c16-6-5-13(21)23-8-7-17-12(20)4-2-1-3-11-14-10(9-24-11)18-15(22)19-14/h10-11,14H,1-5,7-9H2,(H,17,20)(H2,18,19,22)/t10?,11-,14?/m0/s1. The minimum Gasteiger partial charge on any atom is -0.463 e. The number of hydrogen-bond donors (Lipinski definition) is 3. The Hall–Kier alpha value is -1.95. The Morgan fingerprint density at radius 3 is 3.00 bits per heavy atom. The summed E-state index contributed by atoms with van der Waals surface area (Å²) < 4.78 is 4.76. The van der Waals surface area contributed by atoms with E-state index in [1.165, 1.54) is 0 Å². The number of fused-ring (bicyclic) bond motifs is 1. The molecular weight excluding hydrogens is 332 g/mol. The predicted molar refractivity (Wildman–Crippen MR) is 88.2 cm³/mol. The van der Waals surface area contributed by atoms with Crippen molar-refractivity contribution < 1.29 is 19.1 Å². The van der Waals surface area contributed by atoms with Crippen molar-refractivity contribution in [1.82, 2.24) is 16.0 Å². The van der Waals surface area contributed by atoms with E-state index in [1.807, 2.05) is 11.8 Å². The van der Waals surface area contributed by atoms with Crippen LogP contribution in [0.5, 0.6) is 0 Å². The van der Waals surface area contributed by atoms with Gasteiger partial charge in [-0.1, -0.05) is 6.42 Å². The molecule has 3 atom stereocenters. The van der Waals surface area contributed by atoms with Crippen LogP contribution in [0.1, 0.15) is 32.1 Å². The van der Waals surface area contributed by atoms with Gasteiger partial charge >= 0.3 is 12.0 Å². The van der Waals surface area contributed by atoms with Crippen molar-refractivity contribution in [2.24, 2.45) is 0 Å². The fraction of sp³-hybridized carbons (Fsp3) is 0.733. The van der Waals surface area contributed by atoms with E-state index in [1.54, 1.807) is 6.07 Å². The monoisotopic (exact) mass is 354 g/mol. The zero-order chi connectivity index (χ0) is 17.4. The maximum atomic E-state index is 11.7. The van der Waals surface area contributed by atoms with Crippen molar-refractivity contribution in [3.05, 3.63) is 0 Å². The topological polar surface area (TPSA) is 120 Å². The summed E-state index contributed by atoms with van der Waals surface area (Å²) >= 11 is 1.87. The first-order valence-corrected chi connectivity index (χ1v) is 9.13. The van der Waals surface area contributed by atoms with Crippen LogP contribution in [-0.4, -0.2) is 54.1 Å². The highest BCUT2D eigenvalue weighted by molar-refractivity contribution is 8.00. The smallest absolute Gasteiger partial charge is 0.320 e. The lowest BCUT2D eigenvalue weighted by Crippen LogP contribution is -2.36. The van der Waals surface area contributed by atoms with E-state index in [0.717, 1.165) is 25.0 Å². The molecule has 0 aliphatic carbocycles. The maximum Gasteiger partial charge on any atom is 0.320 e. The average molecular weight is 354 g/mol. The normalized spacial score (nSPS) is 24.5. The van der Waals surface area contributed by atoms with E-state index in [4.69, 9.17) is 10.00 Å². The molecule has 0 aromatic heterocycles. The number of carbonyl (C=O) groups excluding carboxylic acids is 3. The quantitative estimate of drug-likeness (QED) is 0.311. The second kappa shape index (κ2) is 9.37. The molecule has 0 saturated carbocycles. The van der Waals surface area contributed by atoms with Crippen molar-refractivity contribution in [3.63, 3.8) is 0 Å². The molecule has 9 heteroatoms. The van der Waals surface area contributed by atoms with E-state index in [0.29, 0.717) is 11.7 Å². The van der Waals surface area contributed by atoms with Crippen molar-refractivity contribution >= 4 is 29.7 Å². The summed E-state index contributed by atoms with van der Waals surface area (Å²) in [5.41, 5.74) is 0. The average Bonchev–Trinajstić information content (AvgIpc) is 3.08. The molecule has 2 aliphatic heterocycles. The van der Waals surface area contributed by atoms with Crippen molar-refractivity contribution in [3.8, 4) is 6.07 Å². The summed E-state index contributed by atoms with van der Waals surface area (Å²) in [6.45, 7) is 0.344. The minimum absolute atomic E-state index is 0.0703. The first-order valence-electron chi connectivity index (χ1n) is 8.08. The molecule has 3 amide bonds. The Morgan fingerprint density at radius 2 is 2.21 bits per heavy atom. The van der Waals surface area contributed by atoms with Gasteiger partial charge in [-0.3, -0.25) is 9.59 Å². The summed E-state index contributed by atoms with van der Waals surface area (Å²) in [4.78, 5) is 33.9. The number of nitriles is 1.